The quantitative estimate of drug-likeness (QED) is 0.855. The molecule has 2 nitrogen and oxygen atoms in total. The van der Waals surface area contributed by atoms with Gasteiger partial charge in [0.05, 0.1) is 18.8 Å². The Morgan fingerprint density at radius 1 is 1.12 bits per heavy atom. The summed E-state index contributed by atoms with van der Waals surface area (Å²) in [7, 11) is 0. The van der Waals surface area contributed by atoms with Crippen LogP contribution in [0.2, 0.25) is 0 Å². The molecule has 16 heavy (non-hydrogen) atoms. The maximum Gasteiger partial charge on any atom is 0.0688 e. The third-order valence-electron chi connectivity index (χ3n) is 2.95. The summed E-state index contributed by atoms with van der Waals surface area (Å²) in [6, 6.07) is 8.43. The molecular formula is C13H18BrNO. The Balaban J connectivity index is 2.27. The second-order valence-electron chi connectivity index (χ2n) is 5.34. The average molecular weight is 284 g/mol. The molecule has 0 saturated carbocycles. The summed E-state index contributed by atoms with van der Waals surface area (Å²) in [6.07, 6.45) is 0. The van der Waals surface area contributed by atoms with E-state index in [9.17, 15) is 0 Å². The van der Waals surface area contributed by atoms with E-state index in [4.69, 9.17) is 4.74 Å². The summed E-state index contributed by atoms with van der Waals surface area (Å²) in [4.78, 5) is 0. The maximum atomic E-state index is 5.71. The van der Waals surface area contributed by atoms with Gasteiger partial charge in [-0.25, -0.2) is 0 Å². The number of hydrogen-bond donors (Lipinski definition) is 1. The normalized spacial score (nSPS) is 29.0. The molecule has 1 heterocycles. The molecule has 1 aliphatic rings. The zero-order valence-corrected chi connectivity index (χ0v) is 11.6. The van der Waals surface area contributed by atoms with Gasteiger partial charge in [-0.1, -0.05) is 28.1 Å². The van der Waals surface area contributed by atoms with Crippen LogP contribution in [0.1, 0.15) is 26.3 Å². The monoisotopic (exact) mass is 283 g/mol. The molecule has 0 spiro atoms. The van der Waals surface area contributed by atoms with Gasteiger partial charge in [0.2, 0.25) is 0 Å². The number of hydrogen-bond acceptors (Lipinski definition) is 2. The van der Waals surface area contributed by atoms with Gasteiger partial charge in [0, 0.05) is 10.0 Å². The highest BCUT2D eigenvalue weighted by Gasteiger charge is 2.37. The molecule has 1 aliphatic heterocycles. The highest BCUT2D eigenvalue weighted by molar-refractivity contribution is 9.10. The van der Waals surface area contributed by atoms with Gasteiger partial charge in [-0.15, -0.1) is 0 Å². The molecule has 0 amide bonds. The van der Waals surface area contributed by atoms with Crippen LogP contribution in [-0.4, -0.2) is 18.8 Å². The second kappa shape index (κ2) is 4.13. The SMILES string of the molecule is CC1(C)COCC(C)(c2ccc(Br)cc2)N1. The average Bonchev–Trinajstić information content (AvgIpc) is 2.16. The van der Waals surface area contributed by atoms with Gasteiger partial charge < -0.3 is 4.74 Å². The minimum atomic E-state index is -0.0948. The Morgan fingerprint density at radius 3 is 2.31 bits per heavy atom. The molecule has 0 radical (unpaired) electrons. The maximum absolute atomic E-state index is 5.71. The predicted molar refractivity (Wildman–Crippen MR) is 69.5 cm³/mol. The molecule has 1 saturated heterocycles. The molecule has 0 aliphatic carbocycles. The zero-order valence-electron chi connectivity index (χ0n) is 10.0. The van der Waals surface area contributed by atoms with Crippen molar-refractivity contribution >= 4 is 15.9 Å². The first kappa shape index (κ1) is 12.1. The molecule has 1 aromatic carbocycles. The van der Waals surface area contributed by atoms with Crippen molar-refractivity contribution in [2.24, 2.45) is 0 Å². The number of benzene rings is 1. The second-order valence-corrected chi connectivity index (χ2v) is 6.26. The third-order valence-corrected chi connectivity index (χ3v) is 3.48. The summed E-state index contributed by atoms with van der Waals surface area (Å²) in [6.45, 7) is 8.01. The number of ether oxygens (including phenoxy) is 1. The smallest absolute Gasteiger partial charge is 0.0688 e. The Kier molecular flexibility index (Phi) is 3.12. The van der Waals surface area contributed by atoms with Crippen LogP contribution < -0.4 is 5.32 Å². The van der Waals surface area contributed by atoms with E-state index in [1.165, 1.54) is 5.56 Å². The Bertz CT molecular complexity index is 374. The minimum Gasteiger partial charge on any atom is -0.377 e. The highest BCUT2D eigenvalue weighted by Crippen LogP contribution is 2.29. The highest BCUT2D eigenvalue weighted by atomic mass is 79.9. The molecule has 88 valence electrons. The van der Waals surface area contributed by atoms with E-state index in [-0.39, 0.29) is 11.1 Å². The van der Waals surface area contributed by atoms with Gasteiger partial charge in [-0.2, -0.15) is 0 Å². The van der Waals surface area contributed by atoms with Crippen LogP contribution >= 0.6 is 15.9 Å². The summed E-state index contributed by atoms with van der Waals surface area (Å²) in [5.74, 6) is 0. The fourth-order valence-electron chi connectivity index (χ4n) is 2.30. The van der Waals surface area contributed by atoms with Crippen LogP contribution in [0.4, 0.5) is 0 Å². The lowest BCUT2D eigenvalue weighted by atomic mass is 9.87. The Hall–Kier alpha value is -0.380. The zero-order chi connectivity index (χ0) is 11.8. The van der Waals surface area contributed by atoms with Crippen LogP contribution in [-0.2, 0) is 10.3 Å². The van der Waals surface area contributed by atoms with Crippen LogP contribution in [0.3, 0.4) is 0 Å². The topological polar surface area (TPSA) is 21.3 Å². The standard InChI is InChI=1S/C13H18BrNO/c1-12(2)8-16-9-13(3,15-12)10-4-6-11(14)7-5-10/h4-7,15H,8-9H2,1-3H3. The first-order chi connectivity index (χ1) is 7.41. The molecule has 1 atom stereocenters. The molecule has 0 bridgehead atoms. The summed E-state index contributed by atoms with van der Waals surface area (Å²) in [5.41, 5.74) is 1.20. The first-order valence-corrected chi connectivity index (χ1v) is 6.34. The van der Waals surface area contributed by atoms with Gasteiger partial charge in [0.1, 0.15) is 0 Å². The van der Waals surface area contributed by atoms with Crippen molar-refractivity contribution in [3.63, 3.8) is 0 Å². The molecule has 1 unspecified atom stereocenters. The fourth-order valence-corrected chi connectivity index (χ4v) is 2.57. The molecule has 2 rings (SSSR count). The molecule has 3 heteroatoms. The van der Waals surface area contributed by atoms with E-state index in [0.29, 0.717) is 0 Å². The lowest BCUT2D eigenvalue weighted by Gasteiger charge is -2.44. The Morgan fingerprint density at radius 2 is 1.75 bits per heavy atom. The lowest BCUT2D eigenvalue weighted by molar-refractivity contribution is -0.0264. The lowest BCUT2D eigenvalue weighted by Crippen LogP contribution is -2.60. The molecule has 0 aromatic heterocycles. The fraction of sp³-hybridized carbons (Fsp3) is 0.538. The van der Waals surface area contributed by atoms with Crippen molar-refractivity contribution in [1.82, 2.24) is 5.32 Å². The molecule has 1 aromatic rings. The Labute approximate surface area is 106 Å². The van der Waals surface area contributed by atoms with Crippen molar-refractivity contribution in [3.05, 3.63) is 34.3 Å². The number of rotatable bonds is 1. The van der Waals surface area contributed by atoms with Gasteiger partial charge in [0.25, 0.3) is 0 Å². The van der Waals surface area contributed by atoms with Gasteiger partial charge in [-0.3, -0.25) is 5.32 Å². The largest absolute Gasteiger partial charge is 0.377 e. The molecular weight excluding hydrogens is 266 g/mol. The third kappa shape index (κ3) is 2.47. The van der Waals surface area contributed by atoms with Crippen LogP contribution in [0.15, 0.2) is 28.7 Å². The van der Waals surface area contributed by atoms with E-state index < -0.39 is 0 Å². The number of morpholine rings is 1. The van der Waals surface area contributed by atoms with Crippen molar-refractivity contribution in [3.8, 4) is 0 Å². The number of halogens is 1. The van der Waals surface area contributed by atoms with E-state index in [1.807, 2.05) is 0 Å². The van der Waals surface area contributed by atoms with Crippen molar-refractivity contribution < 1.29 is 4.74 Å². The van der Waals surface area contributed by atoms with Gasteiger partial charge in [-0.05, 0) is 38.5 Å². The summed E-state index contributed by atoms with van der Waals surface area (Å²) >= 11 is 3.46. The van der Waals surface area contributed by atoms with E-state index in [1.54, 1.807) is 0 Å². The first-order valence-electron chi connectivity index (χ1n) is 5.54. The van der Waals surface area contributed by atoms with E-state index in [0.717, 1.165) is 17.7 Å². The van der Waals surface area contributed by atoms with Crippen molar-refractivity contribution in [1.29, 1.82) is 0 Å². The summed E-state index contributed by atoms with van der Waals surface area (Å²) < 4.78 is 6.82. The van der Waals surface area contributed by atoms with Gasteiger partial charge in [0.15, 0.2) is 0 Å². The molecule has 1 N–H and O–H groups in total. The van der Waals surface area contributed by atoms with E-state index >= 15 is 0 Å². The van der Waals surface area contributed by atoms with E-state index in [2.05, 4.69) is 66.3 Å². The van der Waals surface area contributed by atoms with Crippen molar-refractivity contribution in [2.75, 3.05) is 13.2 Å². The van der Waals surface area contributed by atoms with Gasteiger partial charge >= 0.3 is 0 Å². The molecule has 1 fully saturated rings. The predicted octanol–water partition coefficient (Wildman–Crippen LogP) is 3.06. The van der Waals surface area contributed by atoms with Crippen LogP contribution in [0.25, 0.3) is 0 Å². The van der Waals surface area contributed by atoms with Crippen LogP contribution in [0, 0.1) is 0 Å². The van der Waals surface area contributed by atoms with Crippen molar-refractivity contribution in [2.45, 2.75) is 31.8 Å². The summed E-state index contributed by atoms with van der Waals surface area (Å²) in [5, 5.41) is 3.66. The van der Waals surface area contributed by atoms with Crippen LogP contribution in [0.5, 0.6) is 0 Å². The minimum absolute atomic E-state index is 0.0279. The number of nitrogens with one attached hydrogen (secondary N) is 1.